The van der Waals surface area contributed by atoms with Gasteiger partial charge in [-0.25, -0.2) is 12.7 Å². The summed E-state index contributed by atoms with van der Waals surface area (Å²) in [5.41, 5.74) is 0.653. The third kappa shape index (κ3) is 15.5. The maximum absolute atomic E-state index is 13.7. The summed E-state index contributed by atoms with van der Waals surface area (Å²) in [6.07, 6.45) is 9.37. The first kappa shape index (κ1) is 42.0. The first-order chi connectivity index (χ1) is 23.1. The Morgan fingerprint density at radius 2 is 1.65 bits per heavy atom. The highest BCUT2D eigenvalue weighted by atomic mass is 32.2. The van der Waals surface area contributed by atoms with Crippen LogP contribution in [-0.2, 0) is 26.0 Å². The van der Waals surface area contributed by atoms with Crippen LogP contribution < -0.4 is 10.6 Å². The van der Waals surface area contributed by atoms with Crippen LogP contribution in [0.5, 0.6) is 0 Å². The molecule has 2 amide bonds. The van der Waals surface area contributed by atoms with E-state index in [1.807, 2.05) is 0 Å². The molecule has 274 valence electrons. The van der Waals surface area contributed by atoms with Crippen LogP contribution in [0.2, 0.25) is 0 Å². The molecule has 0 radical (unpaired) electrons. The van der Waals surface area contributed by atoms with Crippen molar-refractivity contribution in [3.8, 4) is 24.7 Å². The predicted octanol–water partition coefficient (Wildman–Crippen LogP) is 2.70. The predicted molar refractivity (Wildman–Crippen MR) is 182 cm³/mol. The van der Waals surface area contributed by atoms with Crippen molar-refractivity contribution in [2.75, 3.05) is 39.5 Å². The minimum Gasteiger partial charge on any atom is -0.390 e. The summed E-state index contributed by atoms with van der Waals surface area (Å²) in [5.74, 6) is 1.68. The molecule has 2 rings (SSSR count). The largest absolute Gasteiger partial charge is 0.401 e. The van der Waals surface area contributed by atoms with Crippen LogP contribution in [0.3, 0.4) is 0 Å². The molecule has 14 heteroatoms. The molecule has 0 heterocycles. The number of terminal acetylenes is 2. The molecule has 0 saturated heterocycles. The molecule has 0 aromatic heterocycles. The van der Waals surface area contributed by atoms with Crippen molar-refractivity contribution in [2.24, 2.45) is 11.8 Å². The molecule has 1 saturated carbocycles. The number of aliphatic hydroxyl groups is 2. The summed E-state index contributed by atoms with van der Waals surface area (Å²) in [6, 6.07) is 6.52. The quantitative estimate of drug-likeness (QED) is 0.153. The lowest BCUT2D eigenvalue weighted by molar-refractivity contribution is -0.143. The smallest absolute Gasteiger partial charge is 0.390 e. The molecule has 1 fully saturated rings. The normalized spacial score (nSPS) is 17.4. The minimum atomic E-state index is -4.44. The zero-order valence-electron chi connectivity index (χ0n) is 28.4. The monoisotopic (exact) mass is 712 g/mol. The second kappa shape index (κ2) is 20.5. The number of alkyl halides is 3. The van der Waals surface area contributed by atoms with Gasteiger partial charge in [-0.2, -0.15) is 13.2 Å². The summed E-state index contributed by atoms with van der Waals surface area (Å²) in [5, 5.41) is 27.1. The zero-order valence-corrected chi connectivity index (χ0v) is 29.2. The van der Waals surface area contributed by atoms with E-state index in [0.29, 0.717) is 12.0 Å². The number of hydrogen-bond acceptors (Lipinski definition) is 7. The van der Waals surface area contributed by atoms with Gasteiger partial charge in [0.1, 0.15) is 12.1 Å². The maximum atomic E-state index is 13.7. The molecule has 49 heavy (non-hydrogen) atoms. The molecule has 5 atom stereocenters. The highest BCUT2D eigenvalue weighted by Crippen LogP contribution is 2.29. The first-order valence-electron chi connectivity index (χ1n) is 16.6. The number of hydrogen-bond donors (Lipinski definition) is 4. The van der Waals surface area contributed by atoms with Gasteiger partial charge >= 0.3 is 6.18 Å². The molecule has 1 aliphatic carbocycles. The minimum absolute atomic E-state index is 0.0114. The van der Waals surface area contributed by atoms with E-state index in [2.05, 4.69) is 22.5 Å². The lowest BCUT2D eigenvalue weighted by Crippen LogP contribution is -2.56. The van der Waals surface area contributed by atoms with E-state index in [1.54, 1.807) is 30.3 Å². The number of nitrogens with one attached hydrogen (secondary N) is 2. The van der Waals surface area contributed by atoms with Gasteiger partial charge in [0.2, 0.25) is 21.8 Å². The van der Waals surface area contributed by atoms with Crippen LogP contribution >= 0.6 is 0 Å². The van der Waals surface area contributed by atoms with Gasteiger partial charge in [-0.05, 0) is 37.8 Å². The van der Waals surface area contributed by atoms with Gasteiger partial charge in [0.15, 0.2) is 0 Å². The van der Waals surface area contributed by atoms with Gasteiger partial charge in [0, 0.05) is 33.0 Å². The van der Waals surface area contributed by atoms with Gasteiger partial charge in [-0.1, -0.05) is 62.4 Å². The van der Waals surface area contributed by atoms with Crippen LogP contribution in [-0.4, -0.2) is 110 Å². The van der Waals surface area contributed by atoms with E-state index in [-0.39, 0.29) is 44.7 Å². The molecule has 10 nitrogen and oxygen atoms in total. The Hall–Kier alpha value is -3.14. The summed E-state index contributed by atoms with van der Waals surface area (Å²) in [4.78, 5) is 28.3. The standard InChI is InChI=1S/C35H51F3N4O6S/c1-5-7-19-31(43)32(44)30(23-27-17-12-9-13-18-27)40-34(46)29(14-6-2)39-33(45)28(22-26-15-10-8-11-16-26)24-49(47,48)42(4)21-20-41(3)25-35(36,37)38/h1-2,8,10-11,15-16,27-32,43-44H,7,9,12-14,17-25H2,3-4H3,(H,39,45)(H,40,46)/t28?,29-,30?,31?,32+/m0/s1. The molecule has 1 aliphatic rings. The molecule has 0 bridgehead atoms. The van der Waals surface area contributed by atoms with Crippen molar-refractivity contribution in [1.29, 1.82) is 0 Å². The highest BCUT2D eigenvalue weighted by Gasteiger charge is 2.35. The Labute approximate surface area is 289 Å². The molecule has 1 aromatic rings. The van der Waals surface area contributed by atoms with Crippen LogP contribution in [0.1, 0.15) is 63.4 Å². The second-order valence-electron chi connectivity index (χ2n) is 13.0. The number of carbonyl (C=O) groups is 2. The lowest BCUT2D eigenvalue weighted by Gasteiger charge is -2.33. The second-order valence-corrected chi connectivity index (χ2v) is 15.1. The van der Waals surface area contributed by atoms with E-state index >= 15 is 0 Å². The summed E-state index contributed by atoms with van der Waals surface area (Å²) < 4.78 is 65.9. The van der Waals surface area contributed by atoms with Crippen LogP contribution in [0, 0.1) is 36.5 Å². The number of benzene rings is 1. The third-order valence-electron chi connectivity index (χ3n) is 8.81. The van der Waals surface area contributed by atoms with Crippen LogP contribution in [0.25, 0.3) is 0 Å². The fourth-order valence-corrected chi connectivity index (χ4v) is 7.37. The van der Waals surface area contributed by atoms with Gasteiger partial charge in [0.05, 0.1) is 30.4 Å². The number of sulfonamides is 1. The average Bonchev–Trinajstić information content (AvgIpc) is 3.04. The average molecular weight is 713 g/mol. The van der Waals surface area contributed by atoms with Gasteiger partial charge < -0.3 is 20.8 Å². The van der Waals surface area contributed by atoms with E-state index in [9.17, 15) is 41.4 Å². The van der Waals surface area contributed by atoms with Crippen molar-refractivity contribution in [3.63, 3.8) is 0 Å². The van der Waals surface area contributed by atoms with E-state index in [4.69, 9.17) is 12.8 Å². The van der Waals surface area contributed by atoms with Crippen molar-refractivity contribution < 1.29 is 41.4 Å². The number of nitrogens with zero attached hydrogens (tertiary/aromatic N) is 2. The molecule has 1 aromatic carbocycles. The SMILES string of the molecule is C#CCCC(O)[C@H](O)C(CC1CCCCC1)NC(=O)[C@H](CC#C)NC(=O)C(Cc1ccccc1)CS(=O)(=O)N(C)CCN(C)CC(F)(F)F. The first-order valence-corrected chi connectivity index (χ1v) is 18.2. The van der Waals surface area contributed by atoms with E-state index < -0.39 is 70.5 Å². The molecule has 0 aliphatic heterocycles. The Morgan fingerprint density at radius 3 is 2.24 bits per heavy atom. The third-order valence-corrected chi connectivity index (χ3v) is 10.8. The van der Waals surface area contributed by atoms with Gasteiger partial charge in [-0.3, -0.25) is 14.5 Å². The number of amides is 2. The lowest BCUT2D eigenvalue weighted by atomic mass is 9.82. The van der Waals surface area contributed by atoms with Crippen molar-refractivity contribution in [3.05, 3.63) is 35.9 Å². The van der Waals surface area contributed by atoms with Crippen LogP contribution in [0.15, 0.2) is 30.3 Å². The molecule has 3 unspecified atom stereocenters. The highest BCUT2D eigenvalue weighted by molar-refractivity contribution is 7.89. The number of carbonyl (C=O) groups excluding carboxylic acids is 2. The maximum Gasteiger partial charge on any atom is 0.401 e. The fourth-order valence-electron chi connectivity index (χ4n) is 5.98. The Bertz CT molecular complexity index is 1360. The topological polar surface area (TPSA) is 139 Å². The zero-order chi connectivity index (χ0) is 36.6. The molecular formula is C35H51F3N4O6S. The number of rotatable bonds is 20. The van der Waals surface area contributed by atoms with E-state index in [0.717, 1.165) is 41.3 Å². The molecule has 4 N–H and O–H groups in total. The van der Waals surface area contributed by atoms with Crippen LogP contribution in [0.4, 0.5) is 13.2 Å². The Balaban J connectivity index is 2.25. The Morgan fingerprint density at radius 1 is 1.00 bits per heavy atom. The Kier molecular flexibility index (Phi) is 17.6. The van der Waals surface area contributed by atoms with Crippen molar-refractivity contribution >= 4 is 21.8 Å². The van der Waals surface area contributed by atoms with Crippen molar-refractivity contribution in [2.45, 2.75) is 94.7 Å². The van der Waals surface area contributed by atoms with Crippen molar-refractivity contribution in [1.82, 2.24) is 19.8 Å². The molecule has 0 spiro atoms. The number of likely N-dealkylation sites (N-methyl/N-ethyl adjacent to an activating group) is 2. The van der Waals surface area contributed by atoms with Gasteiger partial charge in [-0.15, -0.1) is 24.7 Å². The van der Waals surface area contributed by atoms with E-state index in [1.165, 1.54) is 14.1 Å². The van der Waals surface area contributed by atoms with Gasteiger partial charge in [0.25, 0.3) is 0 Å². The molecular weight excluding hydrogens is 661 g/mol. The number of halogens is 3. The fraction of sp³-hybridized carbons (Fsp3) is 0.657. The summed E-state index contributed by atoms with van der Waals surface area (Å²) >= 11 is 0. The summed E-state index contributed by atoms with van der Waals surface area (Å²) in [7, 11) is -1.68. The summed E-state index contributed by atoms with van der Waals surface area (Å²) in [6.45, 7) is -1.64. The number of aliphatic hydroxyl groups excluding tert-OH is 2.